The van der Waals surface area contributed by atoms with Crippen LogP contribution in [0.15, 0.2) is 36.5 Å². The van der Waals surface area contributed by atoms with Crippen LogP contribution in [0.25, 0.3) is 11.1 Å². The van der Waals surface area contributed by atoms with Gasteiger partial charge in [-0.2, -0.15) is 0 Å². The number of amides is 3. The number of carbonyl (C=O) groups is 3. The number of carbonyl (C=O) groups excluding carboxylic acids is 3. The van der Waals surface area contributed by atoms with Crippen molar-refractivity contribution in [2.24, 2.45) is 0 Å². The molecule has 0 saturated carbocycles. The van der Waals surface area contributed by atoms with Gasteiger partial charge < -0.3 is 29.5 Å². The van der Waals surface area contributed by atoms with Gasteiger partial charge in [0.25, 0.3) is 0 Å². The summed E-state index contributed by atoms with van der Waals surface area (Å²) in [6.07, 6.45) is 1.42. The van der Waals surface area contributed by atoms with Crippen molar-refractivity contribution in [1.29, 1.82) is 0 Å². The molecule has 2 aliphatic heterocycles. The number of nitrogens with zero attached hydrogens (tertiary/aromatic N) is 4. The summed E-state index contributed by atoms with van der Waals surface area (Å²) in [5.41, 5.74) is 3.01. The number of ether oxygens (including phenoxy) is 2. The predicted octanol–water partition coefficient (Wildman–Crippen LogP) is 5.13. The first kappa shape index (κ1) is 29.2. The minimum Gasteiger partial charge on any atom is -0.447 e. The van der Waals surface area contributed by atoms with E-state index in [1.54, 1.807) is 16.7 Å². The van der Waals surface area contributed by atoms with Crippen molar-refractivity contribution in [1.82, 2.24) is 15.2 Å². The molecule has 0 bridgehead atoms. The molecule has 2 aromatic rings. The first-order valence-corrected chi connectivity index (χ1v) is 13.9. The van der Waals surface area contributed by atoms with E-state index >= 15 is 0 Å². The maximum absolute atomic E-state index is 12.5. The molecule has 0 unspecified atom stereocenters. The second kappa shape index (κ2) is 11.7. The van der Waals surface area contributed by atoms with Crippen LogP contribution in [0.1, 0.15) is 66.5 Å². The third kappa shape index (κ3) is 6.84. The molecule has 4 rings (SSSR count). The number of rotatable bonds is 4. The molecule has 1 N–H and O–H groups in total. The van der Waals surface area contributed by atoms with Crippen molar-refractivity contribution in [3.8, 4) is 11.1 Å². The molecular weight excluding hydrogens is 510 g/mol. The minimum absolute atomic E-state index is 0.0394. The number of anilines is 2. The van der Waals surface area contributed by atoms with E-state index in [4.69, 9.17) is 14.5 Å². The molecule has 3 heterocycles. The molecule has 1 aromatic carbocycles. The number of hydrogen-bond acceptors (Lipinski definition) is 7. The molecule has 1 aromatic heterocycles. The normalized spacial score (nSPS) is 19.2. The highest BCUT2D eigenvalue weighted by Gasteiger charge is 2.34. The quantitative estimate of drug-likeness (QED) is 0.562. The number of aromatic nitrogens is 1. The summed E-state index contributed by atoms with van der Waals surface area (Å²) >= 11 is 0. The van der Waals surface area contributed by atoms with Gasteiger partial charge in [-0.1, -0.05) is 6.07 Å². The molecule has 2 atom stereocenters. The summed E-state index contributed by atoms with van der Waals surface area (Å²) in [5, 5.41) is 2.99. The zero-order valence-electron chi connectivity index (χ0n) is 24.6. The number of piperazine rings is 1. The summed E-state index contributed by atoms with van der Waals surface area (Å²) < 4.78 is 10.8. The standard InChI is InChI=1S/C30H41N5O5/c1-19(2)39-28(37)32-25-16-20(3)35(21(4)36)26-10-8-22(17-24(25)26)23-9-11-27(31-18-23)33-12-14-34(15-13-33)29(38)40-30(5,6)7/h8-11,17-20,25H,12-16H2,1-7H3,(H,32,37)/t20-,25+/m1/s1. The second-order valence-electron chi connectivity index (χ2n) is 11.8. The van der Waals surface area contributed by atoms with Gasteiger partial charge in [0.2, 0.25) is 5.91 Å². The number of hydrogen-bond donors (Lipinski definition) is 1. The van der Waals surface area contributed by atoms with E-state index in [2.05, 4.69) is 10.2 Å². The van der Waals surface area contributed by atoms with Crippen LogP contribution in [0.3, 0.4) is 0 Å². The largest absolute Gasteiger partial charge is 0.447 e. The lowest BCUT2D eigenvalue weighted by Crippen LogP contribution is -2.50. The third-order valence-corrected chi connectivity index (χ3v) is 6.99. The topological polar surface area (TPSA) is 104 Å². The second-order valence-corrected chi connectivity index (χ2v) is 11.8. The van der Waals surface area contributed by atoms with Crippen LogP contribution in [0.2, 0.25) is 0 Å². The fraction of sp³-hybridized carbons (Fsp3) is 0.533. The zero-order chi connectivity index (χ0) is 29.2. The summed E-state index contributed by atoms with van der Waals surface area (Å²) in [6.45, 7) is 15.2. The summed E-state index contributed by atoms with van der Waals surface area (Å²) in [6, 6.07) is 9.58. The van der Waals surface area contributed by atoms with Crippen molar-refractivity contribution in [2.75, 3.05) is 36.0 Å². The average molecular weight is 552 g/mol. The maximum atomic E-state index is 12.5. The lowest BCUT2D eigenvalue weighted by Gasteiger charge is -2.39. The van der Waals surface area contributed by atoms with Gasteiger partial charge in [-0.25, -0.2) is 14.6 Å². The lowest BCUT2D eigenvalue weighted by atomic mass is 9.89. The van der Waals surface area contributed by atoms with Crippen molar-refractivity contribution in [3.63, 3.8) is 0 Å². The Morgan fingerprint density at radius 3 is 2.27 bits per heavy atom. The van der Waals surface area contributed by atoms with E-state index in [0.717, 1.165) is 28.2 Å². The average Bonchev–Trinajstić information content (AvgIpc) is 2.87. The third-order valence-electron chi connectivity index (χ3n) is 6.99. The highest BCUT2D eigenvalue weighted by Crippen LogP contribution is 2.39. The Kier molecular flexibility index (Phi) is 8.56. The van der Waals surface area contributed by atoms with Gasteiger partial charge in [-0.3, -0.25) is 4.79 Å². The van der Waals surface area contributed by atoms with E-state index in [9.17, 15) is 14.4 Å². The van der Waals surface area contributed by atoms with Crippen LogP contribution in [-0.2, 0) is 14.3 Å². The fourth-order valence-electron chi connectivity index (χ4n) is 5.24. The van der Waals surface area contributed by atoms with Gasteiger partial charge >= 0.3 is 12.2 Å². The minimum atomic E-state index is -0.516. The van der Waals surface area contributed by atoms with Crippen LogP contribution in [-0.4, -0.2) is 71.9 Å². The molecular formula is C30H41N5O5. The van der Waals surface area contributed by atoms with Crippen LogP contribution < -0.4 is 15.1 Å². The smallest absolute Gasteiger partial charge is 0.410 e. The van der Waals surface area contributed by atoms with Gasteiger partial charge in [0.1, 0.15) is 11.4 Å². The van der Waals surface area contributed by atoms with E-state index in [1.165, 1.54) is 0 Å². The van der Waals surface area contributed by atoms with E-state index < -0.39 is 11.7 Å². The number of alkyl carbamates (subject to hydrolysis) is 1. The SMILES string of the molecule is CC(=O)N1c2ccc(-c3ccc(N4CCN(C(=O)OC(C)(C)C)CC4)nc3)cc2[C@@H](NC(=O)OC(C)C)C[C@H]1C. The van der Waals surface area contributed by atoms with Crippen molar-refractivity contribution in [2.45, 2.75) is 78.7 Å². The number of fused-ring (bicyclic) bond motifs is 1. The Morgan fingerprint density at radius 2 is 1.70 bits per heavy atom. The zero-order valence-corrected chi connectivity index (χ0v) is 24.6. The van der Waals surface area contributed by atoms with E-state index in [-0.39, 0.29) is 30.2 Å². The molecule has 0 spiro atoms. The molecule has 40 heavy (non-hydrogen) atoms. The van der Waals surface area contributed by atoms with Gasteiger partial charge in [0, 0.05) is 56.6 Å². The first-order chi connectivity index (χ1) is 18.8. The Morgan fingerprint density at radius 1 is 1.02 bits per heavy atom. The number of nitrogens with one attached hydrogen (secondary N) is 1. The Balaban J connectivity index is 1.51. The predicted molar refractivity (Wildman–Crippen MR) is 154 cm³/mol. The monoisotopic (exact) mass is 551 g/mol. The molecule has 1 fully saturated rings. The van der Waals surface area contributed by atoms with E-state index in [0.29, 0.717) is 32.6 Å². The molecule has 10 heteroatoms. The van der Waals surface area contributed by atoms with Crippen molar-refractivity contribution in [3.05, 3.63) is 42.1 Å². The number of benzene rings is 1. The van der Waals surface area contributed by atoms with Crippen LogP contribution in [0, 0.1) is 0 Å². The Hall–Kier alpha value is -3.82. The van der Waals surface area contributed by atoms with Crippen molar-refractivity contribution >= 4 is 29.6 Å². The fourth-order valence-corrected chi connectivity index (χ4v) is 5.24. The van der Waals surface area contributed by atoms with Crippen LogP contribution >= 0.6 is 0 Å². The molecule has 0 radical (unpaired) electrons. The van der Waals surface area contributed by atoms with Gasteiger partial charge in [-0.05, 0) is 83.4 Å². The molecule has 2 aliphatic rings. The molecule has 0 aliphatic carbocycles. The highest BCUT2D eigenvalue weighted by molar-refractivity contribution is 5.94. The Labute approximate surface area is 236 Å². The Bertz CT molecular complexity index is 1230. The lowest BCUT2D eigenvalue weighted by molar-refractivity contribution is -0.117. The number of pyridine rings is 1. The van der Waals surface area contributed by atoms with E-state index in [1.807, 2.05) is 78.1 Å². The molecule has 1 saturated heterocycles. The van der Waals surface area contributed by atoms with Gasteiger partial charge in [0.15, 0.2) is 0 Å². The summed E-state index contributed by atoms with van der Waals surface area (Å²) in [7, 11) is 0. The van der Waals surface area contributed by atoms with Crippen molar-refractivity contribution < 1.29 is 23.9 Å². The molecule has 3 amide bonds. The molecule has 10 nitrogen and oxygen atoms in total. The first-order valence-electron chi connectivity index (χ1n) is 13.9. The van der Waals surface area contributed by atoms with Crippen LogP contribution in [0.5, 0.6) is 0 Å². The molecule has 216 valence electrons. The van der Waals surface area contributed by atoms with Gasteiger partial charge in [0.05, 0.1) is 12.1 Å². The van der Waals surface area contributed by atoms with Gasteiger partial charge in [-0.15, -0.1) is 0 Å². The summed E-state index contributed by atoms with van der Waals surface area (Å²) in [5.74, 6) is 0.806. The highest BCUT2D eigenvalue weighted by atomic mass is 16.6. The maximum Gasteiger partial charge on any atom is 0.410 e. The summed E-state index contributed by atoms with van der Waals surface area (Å²) in [4.78, 5) is 47.7. The van der Waals surface area contributed by atoms with Crippen LogP contribution in [0.4, 0.5) is 21.1 Å².